The molecule has 0 aromatic carbocycles. The molecule has 1 aliphatic carbocycles. The summed E-state index contributed by atoms with van der Waals surface area (Å²) in [6, 6.07) is 0.564. The lowest BCUT2D eigenvalue weighted by molar-refractivity contribution is 0.584. The summed E-state index contributed by atoms with van der Waals surface area (Å²) in [6.07, 6.45) is 8.53. The molecule has 2 rings (SSSR count). The Bertz CT molecular complexity index is 373. The van der Waals surface area contributed by atoms with Crippen molar-refractivity contribution in [3.63, 3.8) is 0 Å². The SMILES string of the molecule is S=C(NCCn1cc(Cl)cn1)NC1CCCC1. The third-order valence-electron chi connectivity index (χ3n) is 2.92. The summed E-state index contributed by atoms with van der Waals surface area (Å²) in [5.41, 5.74) is 0. The van der Waals surface area contributed by atoms with Crippen LogP contribution in [0.2, 0.25) is 5.02 Å². The molecule has 1 heterocycles. The van der Waals surface area contributed by atoms with E-state index in [1.807, 2.05) is 0 Å². The average molecular weight is 273 g/mol. The lowest BCUT2D eigenvalue weighted by Gasteiger charge is -2.15. The van der Waals surface area contributed by atoms with Crippen molar-refractivity contribution in [3.8, 4) is 0 Å². The number of halogens is 1. The molecule has 1 aromatic rings. The number of nitrogens with zero attached hydrogens (tertiary/aromatic N) is 2. The van der Waals surface area contributed by atoms with Crippen molar-refractivity contribution in [2.24, 2.45) is 0 Å². The molecule has 1 fully saturated rings. The molecule has 0 spiro atoms. The first-order valence-electron chi connectivity index (χ1n) is 5.96. The Balaban J connectivity index is 1.62. The first kappa shape index (κ1) is 12.6. The van der Waals surface area contributed by atoms with Gasteiger partial charge in [0.15, 0.2) is 5.11 Å². The Hall–Kier alpha value is -0.810. The molecular formula is C11H17ClN4S. The Morgan fingerprint density at radius 2 is 2.29 bits per heavy atom. The lowest BCUT2D eigenvalue weighted by Crippen LogP contribution is -2.41. The number of aromatic nitrogens is 2. The molecule has 2 N–H and O–H groups in total. The highest BCUT2D eigenvalue weighted by molar-refractivity contribution is 7.80. The van der Waals surface area contributed by atoms with Crippen molar-refractivity contribution in [2.75, 3.05) is 6.54 Å². The summed E-state index contributed by atoms with van der Waals surface area (Å²) in [6.45, 7) is 1.52. The lowest BCUT2D eigenvalue weighted by atomic mass is 10.3. The number of hydrogen-bond donors (Lipinski definition) is 2. The van der Waals surface area contributed by atoms with E-state index in [4.69, 9.17) is 23.8 Å². The number of hydrogen-bond acceptors (Lipinski definition) is 2. The van der Waals surface area contributed by atoms with Gasteiger partial charge < -0.3 is 10.6 Å². The predicted molar refractivity (Wildman–Crippen MR) is 73.2 cm³/mol. The second kappa shape index (κ2) is 6.21. The summed E-state index contributed by atoms with van der Waals surface area (Å²) in [5, 5.41) is 12.0. The van der Waals surface area contributed by atoms with Gasteiger partial charge in [0.25, 0.3) is 0 Å². The Morgan fingerprint density at radius 1 is 1.53 bits per heavy atom. The maximum atomic E-state index is 5.77. The van der Waals surface area contributed by atoms with Crippen LogP contribution in [0, 0.1) is 0 Å². The van der Waals surface area contributed by atoms with E-state index in [0.717, 1.165) is 18.2 Å². The van der Waals surface area contributed by atoms with Crippen LogP contribution in [0.25, 0.3) is 0 Å². The monoisotopic (exact) mass is 272 g/mol. The van der Waals surface area contributed by atoms with Crippen molar-refractivity contribution < 1.29 is 0 Å². The van der Waals surface area contributed by atoms with Crippen LogP contribution in [-0.4, -0.2) is 27.5 Å². The van der Waals surface area contributed by atoms with Crippen LogP contribution in [0.5, 0.6) is 0 Å². The molecule has 1 saturated carbocycles. The Labute approximate surface area is 112 Å². The van der Waals surface area contributed by atoms with Crippen LogP contribution in [-0.2, 0) is 6.54 Å². The Kier molecular flexibility index (Phi) is 4.62. The van der Waals surface area contributed by atoms with Gasteiger partial charge in [-0.3, -0.25) is 4.68 Å². The molecular weight excluding hydrogens is 256 g/mol. The standard InChI is InChI=1S/C11H17ClN4S/c12-9-7-14-16(8-9)6-5-13-11(17)15-10-3-1-2-4-10/h7-8,10H,1-6H2,(H2,13,15,17). The number of thiocarbonyl (C=S) groups is 1. The van der Waals surface area contributed by atoms with Gasteiger partial charge in [0.2, 0.25) is 0 Å². The second-order valence-corrected chi connectivity index (χ2v) is 5.15. The summed E-state index contributed by atoms with van der Waals surface area (Å²) >= 11 is 11.0. The van der Waals surface area contributed by atoms with Gasteiger partial charge in [0.05, 0.1) is 17.8 Å². The quantitative estimate of drug-likeness (QED) is 0.822. The molecule has 94 valence electrons. The molecule has 17 heavy (non-hydrogen) atoms. The van der Waals surface area contributed by atoms with Gasteiger partial charge in [0, 0.05) is 18.8 Å². The zero-order valence-corrected chi connectivity index (χ0v) is 11.2. The zero-order valence-electron chi connectivity index (χ0n) is 9.66. The topological polar surface area (TPSA) is 41.9 Å². The van der Waals surface area contributed by atoms with Gasteiger partial charge in [-0.1, -0.05) is 24.4 Å². The van der Waals surface area contributed by atoms with Gasteiger partial charge in [-0.05, 0) is 25.1 Å². The van der Waals surface area contributed by atoms with E-state index in [9.17, 15) is 0 Å². The van der Waals surface area contributed by atoms with Crippen molar-refractivity contribution in [2.45, 2.75) is 38.3 Å². The Morgan fingerprint density at radius 3 is 2.94 bits per heavy atom. The molecule has 0 aliphatic heterocycles. The molecule has 1 aromatic heterocycles. The normalized spacial score (nSPS) is 16.1. The fourth-order valence-corrected chi connectivity index (χ4v) is 2.48. The minimum absolute atomic E-state index is 0.564. The average Bonchev–Trinajstić information content (AvgIpc) is 2.90. The molecule has 0 atom stereocenters. The molecule has 0 bridgehead atoms. The zero-order chi connectivity index (χ0) is 12.1. The van der Waals surface area contributed by atoms with Crippen LogP contribution in [0.15, 0.2) is 12.4 Å². The van der Waals surface area contributed by atoms with E-state index in [1.165, 1.54) is 25.7 Å². The van der Waals surface area contributed by atoms with Crippen LogP contribution in [0.4, 0.5) is 0 Å². The first-order valence-corrected chi connectivity index (χ1v) is 6.75. The third kappa shape index (κ3) is 4.16. The highest BCUT2D eigenvalue weighted by atomic mass is 35.5. The molecule has 0 unspecified atom stereocenters. The van der Waals surface area contributed by atoms with Gasteiger partial charge in [-0.15, -0.1) is 0 Å². The first-order chi connectivity index (χ1) is 8.24. The van der Waals surface area contributed by atoms with Crippen molar-refractivity contribution in [1.29, 1.82) is 0 Å². The number of nitrogens with one attached hydrogen (secondary N) is 2. The molecule has 0 saturated heterocycles. The van der Waals surface area contributed by atoms with Crippen molar-refractivity contribution in [3.05, 3.63) is 17.4 Å². The van der Waals surface area contributed by atoms with Crippen LogP contribution < -0.4 is 10.6 Å². The van der Waals surface area contributed by atoms with Crippen LogP contribution >= 0.6 is 23.8 Å². The van der Waals surface area contributed by atoms with Crippen molar-refractivity contribution >= 4 is 28.9 Å². The maximum Gasteiger partial charge on any atom is 0.166 e. The van der Waals surface area contributed by atoms with Crippen LogP contribution in [0.1, 0.15) is 25.7 Å². The van der Waals surface area contributed by atoms with E-state index >= 15 is 0 Å². The largest absolute Gasteiger partial charge is 0.361 e. The van der Waals surface area contributed by atoms with Crippen molar-refractivity contribution in [1.82, 2.24) is 20.4 Å². The molecule has 1 aliphatic rings. The molecule has 4 nitrogen and oxygen atoms in total. The van der Waals surface area contributed by atoms with E-state index in [0.29, 0.717) is 11.1 Å². The van der Waals surface area contributed by atoms with Gasteiger partial charge in [-0.25, -0.2) is 0 Å². The highest BCUT2D eigenvalue weighted by Gasteiger charge is 2.14. The van der Waals surface area contributed by atoms with Gasteiger partial charge in [0.1, 0.15) is 0 Å². The van der Waals surface area contributed by atoms with Crippen LogP contribution in [0.3, 0.4) is 0 Å². The molecule has 6 heteroatoms. The minimum Gasteiger partial charge on any atom is -0.361 e. The predicted octanol–water partition coefficient (Wildman–Crippen LogP) is 1.94. The molecule has 0 radical (unpaired) electrons. The molecule has 0 amide bonds. The van der Waals surface area contributed by atoms with E-state index < -0.39 is 0 Å². The minimum atomic E-state index is 0.564. The number of rotatable bonds is 4. The summed E-state index contributed by atoms with van der Waals surface area (Å²) in [4.78, 5) is 0. The van der Waals surface area contributed by atoms with E-state index in [2.05, 4.69) is 15.7 Å². The van der Waals surface area contributed by atoms with E-state index in [1.54, 1.807) is 17.1 Å². The second-order valence-electron chi connectivity index (χ2n) is 4.30. The smallest absolute Gasteiger partial charge is 0.166 e. The van der Waals surface area contributed by atoms with Gasteiger partial charge in [-0.2, -0.15) is 5.10 Å². The van der Waals surface area contributed by atoms with Gasteiger partial charge >= 0.3 is 0 Å². The highest BCUT2D eigenvalue weighted by Crippen LogP contribution is 2.17. The summed E-state index contributed by atoms with van der Waals surface area (Å²) < 4.78 is 1.80. The fraction of sp³-hybridized carbons (Fsp3) is 0.636. The van der Waals surface area contributed by atoms with E-state index in [-0.39, 0.29) is 0 Å². The summed E-state index contributed by atoms with van der Waals surface area (Å²) in [5.74, 6) is 0. The fourth-order valence-electron chi connectivity index (χ4n) is 2.05. The third-order valence-corrected chi connectivity index (χ3v) is 3.38. The maximum absolute atomic E-state index is 5.77. The summed E-state index contributed by atoms with van der Waals surface area (Å²) in [7, 11) is 0.